The Bertz CT molecular complexity index is 1360. The third-order valence-corrected chi connectivity index (χ3v) is 7.29. The lowest BCUT2D eigenvalue weighted by Crippen LogP contribution is -2.32. The number of anilines is 1. The predicted molar refractivity (Wildman–Crippen MR) is 143 cm³/mol. The molecule has 3 aromatic carbocycles. The van der Waals surface area contributed by atoms with Gasteiger partial charge in [0.2, 0.25) is 11.8 Å². The number of nitrogens with zero attached hydrogens (tertiary/aromatic N) is 2. The zero-order valence-corrected chi connectivity index (χ0v) is 21.0. The van der Waals surface area contributed by atoms with Crippen LogP contribution in [0.2, 0.25) is 0 Å². The number of ether oxygens (including phenoxy) is 1. The van der Waals surface area contributed by atoms with E-state index in [0.29, 0.717) is 13.1 Å². The molecule has 0 spiro atoms. The van der Waals surface area contributed by atoms with E-state index in [2.05, 4.69) is 41.9 Å². The third kappa shape index (κ3) is 5.16. The molecule has 1 aromatic heterocycles. The SMILES string of the molecule is COc1ccc(N2CC(C(=O)NCc3ccc(-c4nc(-c5ccc(C)cc5)cs4)cc3)CC2=O)cc1. The van der Waals surface area contributed by atoms with Crippen LogP contribution in [-0.2, 0) is 16.1 Å². The fourth-order valence-electron chi connectivity index (χ4n) is 4.26. The van der Waals surface area contributed by atoms with Gasteiger partial charge in [-0.05, 0) is 36.8 Å². The molecule has 0 radical (unpaired) electrons. The fourth-order valence-corrected chi connectivity index (χ4v) is 5.09. The predicted octanol–water partition coefficient (Wildman–Crippen LogP) is 5.46. The van der Waals surface area contributed by atoms with Gasteiger partial charge in [0, 0.05) is 41.7 Å². The van der Waals surface area contributed by atoms with E-state index in [-0.39, 0.29) is 24.2 Å². The monoisotopic (exact) mass is 497 g/mol. The van der Waals surface area contributed by atoms with E-state index < -0.39 is 0 Å². The molecular weight excluding hydrogens is 470 g/mol. The summed E-state index contributed by atoms with van der Waals surface area (Å²) in [6.07, 6.45) is 0.212. The van der Waals surface area contributed by atoms with Gasteiger partial charge in [0.1, 0.15) is 10.8 Å². The molecule has 1 fully saturated rings. The van der Waals surface area contributed by atoms with E-state index in [1.165, 1.54) is 5.56 Å². The quantitative estimate of drug-likeness (QED) is 0.368. The fraction of sp³-hybridized carbons (Fsp3) is 0.207. The highest BCUT2D eigenvalue weighted by molar-refractivity contribution is 7.13. The number of hydrogen-bond acceptors (Lipinski definition) is 5. The highest BCUT2D eigenvalue weighted by Crippen LogP contribution is 2.30. The molecule has 0 aliphatic carbocycles. The number of methoxy groups -OCH3 is 1. The van der Waals surface area contributed by atoms with Crippen LogP contribution in [0.1, 0.15) is 17.5 Å². The maximum Gasteiger partial charge on any atom is 0.227 e. The lowest BCUT2D eigenvalue weighted by molar-refractivity contribution is -0.126. The number of rotatable bonds is 7. The van der Waals surface area contributed by atoms with Crippen molar-refractivity contribution in [2.24, 2.45) is 5.92 Å². The van der Waals surface area contributed by atoms with Crippen molar-refractivity contribution in [3.63, 3.8) is 0 Å². The van der Waals surface area contributed by atoms with E-state index in [4.69, 9.17) is 9.72 Å². The number of aromatic nitrogens is 1. The Morgan fingerprint density at radius 2 is 1.72 bits per heavy atom. The summed E-state index contributed by atoms with van der Waals surface area (Å²) >= 11 is 1.62. The molecule has 1 N–H and O–H groups in total. The summed E-state index contributed by atoms with van der Waals surface area (Å²) in [7, 11) is 1.60. The van der Waals surface area contributed by atoms with Crippen LogP contribution in [0.15, 0.2) is 78.2 Å². The van der Waals surface area contributed by atoms with Crippen molar-refractivity contribution in [2.75, 3.05) is 18.6 Å². The van der Waals surface area contributed by atoms with Crippen LogP contribution in [-0.4, -0.2) is 30.5 Å². The van der Waals surface area contributed by atoms with Crippen LogP contribution in [0.3, 0.4) is 0 Å². The Labute approximate surface area is 214 Å². The molecule has 1 aliphatic rings. The van der Waals surface area contributed by atoms with E-state index >= 15 is 0 Å². The van der Waals surface area contributed by atoms with Gasteiger partial charge in [-0.15, -0.1) is 11.3 Å². The molecule has 1 saturated heterocycles. The minimum absolute atomic E-state index is 0.0434. The summed E-state index contributed by atoms with van der Waals surface area (Å²) in [5.74, 6) is 0.214. The number of thiazole rings is 1. The van der Waals surface area contributed by atoms with Gasteiger partial charge in [-0.25, -0.2) is 4.98 Å². The highest BCUT2D eigenvalue weighted by atomic mass is 32.1. The smallest absolute Gasteiger partial charge is 0.227 e. The van der Waals surface area contributed by atoms with Crippen LogP contribution in [0.5, 0.6) is 5.75 Å². The second-order valence-electron chi connectivity index (χ2n) is 8.92. The summed E-state index contributed by atoms with van der Waals surface area (Å²) < 4.78 is 5.18. The van der Waals surface area contributed by atoms with Gasteiger partial charge in [0.25, 0.3) is 0 Å². The Morgan fingerprint density at radius 1 is 1.03 bits per heavy atom. The maximum absolute atomic E-state index is 12.8. The van der Waals surface area contributed by atoms with E-state index in [0.717, 1.165) is 38.8 Å². The van der Waals surface area contributed by atoms with Crippen LogP contribution in [0.4, 0.5) is 5.69 Å². The molecule has 1 unspecified atom stereocenters. The summed E-state index contributed by atoms with van der Waals surface area (Å²) in [6.45, 7) is 2.87. The molecular formula is C29H27N3O3S. The molecule has 4 aromatic rings. The number of amides is 2. The molecule has 2 heterocycles. The zero-order chi connectivity index (χ0) is 25.1. The van der Waals surface area contributed by atoms with Crippen molar-refractivity contribution < 1.29 is 14.3 Å². The van der Waals surface area contributed by atoms with Crippen molar-refractivity contribution in [2.45, 2.75) is 19.9 Å². The second kappa shape index (κ2) is 10.3. The van der Waals surface area contributed by atoms with E-state index in [9.17, 15) is 9.59 Å². The first kappa shape index (κ1) is 23.8. The van der Waals surface area contributed by atoms with Gasteiger partial charge in [0.15, 0.2) is 0 Å². The number of carbonyl (C=O) groups is 2. The summed E-state index contributed by atoms with van der Waals surface area (Å²) in [6, 6.07) is 23.7. The molecule has 2 amide bonds. The summed E-state index contributed by atoms with van der Waals surface area (Å²) in [4.78, 5) is 31.7. The lowest BCUT2D eigenvalue weighted by Gasteiger charge is -2.17. The van der Waals surface area contributed by atoms with Gasteiger partial charge >= 0.3 is 0 Å². The van der Waals surface area contributed by atoms with Crippen LogP contribution < -0.4 is 15.0 Å². The van der Waals surface area contributed by atoms with Crippen LogP contribution in [0.25, 0.3) is 21.8 Å². The molecule has 6 nitrogen and oxygen atoms in total. The molecule has 0 saturated carbocycles. The Hall–Kier alpha value is -3.97. The zero-order valence-electron chi connectivity index (χ0n) is 20.2. The van der Waals surface area contributed by atoms with E-state index in [1.54, 1.807) is 23.3 Å². The van der Waals surface area contributed by atoms with Crippen LogP contribution >= 0.6 is 11.3 Å². The maximum atomic E-state index is 12.8. The average molecular weight is 498 g/mol. The molecule has 1 atom stereocenters. The Balaban J connectivity index is 1.17. The lowest BCUT2D eigenvalue weighted by atomic mass is 10.1. The van der Waals surface area contributed by atoms with Crippen molar-refractivity contribution in [1.29, 1.82) is 0 Å². The molecule has 5 rings (SSSR count). The van der Waals surface area contributed by atoms with Gasteiger partial charge in [0.05, 0.1) is 18.7 Å². The van der Waals surface area contributed by atoms with Crippen LogP contribution in [0, 0.1) is 12.8 Å². The average Bonchev–Trinajstić information content (AvgIpc) is 3.55. The summed E-state index contributed by atoms with van der Waals surface area (Å²) in [5, 5.41) is 6.03. The first-order chi connectivity index (χ1) is 17.5. The normalized spacial score (nSPS) is 15.2. The third-order valence-electron chi connectivity index (χ3n) is 6.40. The summed E-state index contributed by atoms with van der Waals surface area (Å²) in [5.41, 5.74) is 6.13. The standard InChI is InChI=1S/C29H27N3O3S/c1-19-3-7-21(8-4-19)26-18-36-29(31-26)22-9-5-20(6-10-22)16-30-28(34)23-15-27(33)32(17-23)24-11-13-25(35-2)14-12-24/h3-14,18,23H,15-17H2,1-2H3,(H,30,34). The molecule has 7 heteroatoms. The van der Waals surface area contributed by atoms with Gasteiger partial charge in [-0.2, -0.15) is 0 Å². The Kier molecular flexibility index (Phi) is 6.82. The molecule has 1 aliphatic heterocycles. The number of carbonyl (C=O) groups excluding carboxylic acids is 2. The molecule has 36 heavy (non-hydrogen) atoms. The van der Waals surface area contributed by atoms with Crippen molar-refractivity contribution in [1.82, 2.24) is 10.3 Å². The minimum atomic E-state index is -0.366. The largest absolute Gasteiger partial charge is 0.497 e. The van der Waals surface area contributed by atoms with Crippen molar-refractivity contribution in [3.05, 3.63) is 89.3 Å². The van der Waals surface area contributed by atoms with Crippen molar-refractivity contribution >= 4 is 28.8 Å². The first-order valence-corrected chi connectivity index (χ1v) is 12.7. The minimum Gasteiger partial charge on any atom is -0.497 e. The van der Waals surface area contributed by atoms with Gasteiger partial charge < -0.3 is 15.0 Å². The number of hydrogen-bond donors (Lipinski definition) is 1. The van der Waals surface area contributed by atoms with Gasteiger partial charge in [-0.3, -0.25) is 9.59 Å². The Morgan fingerprint density at radius 3 is 2.42 bits per heavy atom. The second-order valence-corrected chi connectivity index (χ2v) is 9.78. The molecule has 0 bridgehead atoms. The number of aryl methyl sites for hydroxylation is 1. The van der Waals surface area contributed by atoms with Crippen molar-refractivity contribution in [3.8, 4) is 27.6 Å². The first-order valence-electron chi connectivity index (χ1n) is 11.8. The van der Waals surface area contributed by atoms with Gasteiger partial charge in [-0.1, -0.05) is 54.1 Å². The molecule has 182 valence electrons. The number of nitrogens with one attached hydrogen (secondary N) is 1. The number of benzene rings is 3. The highest BCUT2D eigenvalue weighted by Gasteiger charge is 2.35. The topological polar surface area (TPSA) is 71.5 Å². The van der Waals surface area contributed by atoms with E-state index in [1.807, 2.05) is 48.5 Å².